The van der Waals surface area contributed by atoms with E-state index in [1.165, 1.54) is 0 Å². The lowest BCUT2D eigenvalue weighted by molar-refractivity contribution is 0.427. The second-order valence-corrected chi connectivity index (χ2v) is 1.92. The molecule has 0 aliphatic carbocycles. The summed E-state index contributed by atoms with van der Waals surface area (Å²) in [6.07, 6.45) is 0. The van der Waals surface area contributed by atoms with Crippen molar-refractivity contribution in [3.05, 3.63) is 0 Å². The molecule has 9 heavy (non-hydrogen) atoms. The van der Waals surface area contributed by atoms with Crippen molar-refractivity contribution in [2.24, 2.45) is 0 Å². The molecule has 0 aliphatic heterocycles. The summed E-state index contributed by atoms with van der Waals surface area (Å²) in [6, 6.07) is 0. The zero-order valence-corrected chi connectivity index (χ0v) is 7.02. The van der Waals surface area contributed by atoms with Crippen molar-refractivity contribution < 1.29 is 21.2 Å². The molecular formula is H4Cl2O5S2. The van der Waals surface area contributed by atoms with Crippen LogP contribution in [0, 0.1) is 0 Å². The third kappa shape index (κ3) is 17.7. The van der Waals surface area contributed by atoms with Gasteiger partial charge in [0.15, 0.2) is 0 Å². The van der Waals surface area contributed by atoms with E-state index in [4.69, 9.17) is 9.11 Å². The van der Waals surface area contributed by atoms with E-state index in [1.54, 1.807) is 0 Å². The molecule has 0 unspecified atom stereocenters. The lowest BCUT2D eigenvalue weighted by Gasteiger charge is -1.82. The fourth-order valence-electron chi connectivity index (χ4n) is 0.0498. The molecule has 0 bridgehead atoms. The predicted molar refractivity (Wildman–Crippen MR) is 37.1 cm³/mol. The molecule has 0 aromatic heterocycles. The van der Waals surface area contributed by atoms with Gasteiger partial charge in [0.25, 0.3) is 0 Å². The van der Waals surface area contributed by atoms with Crippen molar-refractivity contribution in [1.82, 2.24) is 0 Å². The minimum absolute atomic E-state index is 0. The van der Waals surface area contributed by atoms with Gasteiger partial charge in [0.05, 0.1) is 0 Å². The second kappa shape index (κ2) is 8.76. The highest BCUT2D eigenvalue weighted by atomic mass is 35.5. The highest BCUT2D eigenvalue weighted by Gasteiger charge is 1.95. The number of rotatable bonds is 2. The van der Waals surface area contributed by atoms with Gasteiger partial charge in [0.1, 0.15) is 0 Å². The van der Waals surface area contributed by atoms with E-state index in [-0.39, 0.29) is 24.8 Å². The highest BCUT2D eigenvalue weighted by molar-refractivity contribution is 7.87. The van der Waals surface area contributed by atoms with Crippen LogP contribution in [0.25, 0.3) is 0 Å². The Morgan fingerprint density at radius 3 is 1.22 bits per heavy atom. The van der Waals surface area contributed by atoms with Crippen LogP contribution >= 0.6 is 24.8 Å². The molecule has 0 heterocycles. The number of hydrogen-bond acceptors (Lipinski definition) is 3. The maximum Gasteiger partial charge on any atom is 0.317 e. The average molecular weight is 219 g/mol. The largest absolute Gasteiger partial charge is 0.317 e. The Morgan fingerprint density at radius 2 is 1.22 bits per heavy atom. The first-order valence-corrected chi connectivity index (χ1v) is 3.10. The molecule has 0 radical (unpaired) electrons. The van der Waals surface area contributed by atoms with E-state index in [2.05, 4.69) is 3.63 Å². The molecule has 0 fully saturated rings. The first kappa shape index (κ1) is 16.4. The van der Waals surface area contributed by atoms with Crippen molar-refractivity contribution >= 4 is 47.5 Å². The predicted octanol–water partition coefficient (Wildman–Crippen LogP) is 0.120. The molecule has 0 saturated carbocycles. The molecule has 0 rings (SSSR count). The summed E-state index contributed by atoms with van der Waals surface area (Å²) in [4.78, 5) is 0. The summed E-state index contributed by atoms with van der Waals surface area (Å²) in [7, 11) is 0. The molecule has 0 atom stereocenters. The molecule has 5 nitrogen and oxygen atoms in total. The monoisotopic (exact) mass is 218 g/mol. The summed E-state index contributed by atoms with van der Waals surface area (Å²) in [5.74, 6) is 0. The molecule has 60 valence electrons. The summed E-state index contributed by atoms with van der Waals surface area (Å²) in [5, 5.41) is 0. The van der Waals surface area contributed by atoms with E-state index in [1.807, 2.05) is 0 Å². The van der Waals surface area contributed by atoms with Crippen molar-refractivity contribution in [2.45, 2.75) is 0 Å². The molecule has 0 aromatic carbocycles. The molecule has 0 saturated heterocycles. The Hall–Kier alpha value is 0.760. The first-order chi connectivity index (χ1) is 3.13. The summed E-state index contributed by atoms with van der Waals surface area (Å²) in [5.41, 5.74) is 0. The van der Waals surface area contributed by atoms with Crippen LogP contribution in [0.3, 0.4) is 0 Å². The van der Waals surface area contributed by atoms with Crippen molar-refractivity contribution in [3.63, 3.8) is 0 Å². The van der Waals surface area contributed by atoms with Crippen LogP contribution in [0.2, 0.25) is 0 Å². The maximum atomic E-state index is 9.35. The summed E-state index contributed by atoms with van der Waals surface area (Å²) in [6.45, 7) is 0. The topological polar surface area (TPSA) is 83.8 Å². The zero-order chi connectivity index (χ0) is 5.86. The molecule has 0 aromatic rings. The van der Waals surface area contributed by atoms with E-state index in [9.17, 15) is 8.42 Å². The van der Waals surface area contributed by atoms with E-state index >= 15 is 0 Å². The van der Waals surface area contributed by atoms with Crippen LogP contribution in [0.15, 0.2) is 0 Å². The van der Waals surface area contributed by atoms with Gasteiger partial charge in [-0.15, -0.1) is 28.4 Å². The fourth-order valence-corrected chi connectivity index (χ4v) is 0.448. The zero-order valence-electron chi connectivity index (χ0n) is 3.75. The minimum Gasteiger partial charge on any atom is -0.283 e. The van der Waals surface area contributed by atoms with Crippen molar-refractivity contribution in [1.29, 1.82) is 0 Å². The molecular weight excluding hydrogens is 215 g/mol. The lowest BCUT2D eigenvalue weighted by atomic mass is 15.8. The lowest BCUT2D eigenvalue weighted by Crippen LogP contribution is -1.96. The SMILES string of the molecule is Cl.Cl.O=S(O)OS(=O)O. The van der Waals surface area contributed by atoms with Gasteiger partial charge >= 0.3 is 22.7 Å². The number of halogens is 2. The van der Waals surface area contributed by atoms with Gasteiger partial charge in [0, 0.05) is 0 Å². The third-order valence-electron chi connectivity index (χ3n) is 0.116. The second-order valence-electron chi connectivity index (χ2n) is 0.502. The van der Waals surface area contributed by atoms with Gasteiger partial charge in [-0.3, -0.25) is 9.11 Å². The molecule has 0 amide bonds. The average Bonchev–Trinajstić information content (AvgIpc) is 1.27. The molecule has 9 heteroatoms. The van der Waals surface area contributed by atoms with Gasteiger partial charge in [-0.05, 0) is 0 Å². The Morgan fingerprint density at radius 1 is 1.00 bits per heavy atom. The van der Waals surface area contributed by atoms with Crippen LogP contribution in [0.4, 0.5) is 0 Å². The maximum absolute atomic E-state index is 9.35. The molecule has 2 N–H and O–H groups in total. The van der Waals surface area contributed by atoms with Gasteiger partial charge in [-0.2, -0.15) is 8.42 Å². The van der Waals surface area contributed by atoms with Gasteiger partial charge < -0.3 is 0 Å². The van der Waals surface area contributed by atoms with E-state index in [0.29, 0.717) is 0 Å². The van der Waals surface area contributed by atoms with Gasteiger partial charge in [0.2, 0.25) is 0 Å². The van der Waals surface area contributed by atoms with Crippen LogP contribution in [0.1, 0.15) is 0 Å². The summed E-state index contributed by atoms with van der Waals surface area (Å²) >= 11 is -5.29. The molecule has 0 aliphatic rings. The Kier molecular flexibility index (Phi) is 16.0. The van der Waals surface area contributed by atoms with E-state index < -0.39 is 22.7 Å². The van der Waals surface area contributed by atoms with Crippen LogP contribution in [-0.4, -0.2) is 17.5 Å². The Balaban J connectivity index is -0.000000180. The molecule has 0 spiro atoms. The fraction of sp³-hybridized carbons (Fsp3) is 0. The normalized spacial score (nSPS) is 14.4. The van der Waals surface area contributed by atoms with Gasteiger partial charge in [-0.25, -0.2) is 0 Å². The van der Waals surface area contributed by atoms with Crippen molar-refractivity contribution in [3.8, 4) is 0 Å². The smallest absolute Gasteiger partial charge is 0.283 e. The Bertz CT molecular complexity index is 89.1. The van der Waals surface area contributed by atoms with Crippen molar-refractivity contribution in [2.75, 3.05) is 0 Å². The Labute approximate surface area is 69.0 Å². The van der Waals surface area contributed by atoms with Crippen LogP contribution in [-0.2, 0) is 26.4 Å². The standard InChI is InChI=1S/2ClH.H2O5S2/c;;1-6(2)5-7(3)4/h2*1H;(H,1,2)(H,3,4). The van der Waals surface area contributed by atoms with Crippen LogP contribution < -0.4 is 0 Å². The highest BCUT2D eigenvalue weighted by Crippen LogP contribution is 1.79. The van der Waals surface area contributed by atoms with Crippen LogP contribution in [0.5, 0.6) is 0 Å². The third-order valence-corrected chi connectivity index (χ3v) is 1.05. The van der Waals surface area contributed by atoms with Gasteiger partial charge in [-0.1, -0.05) is 0 Å². The van der Waals surface area contributed by atoms with E-state index in [0.717, 1.165) is 0 Å². The number of hydrogen-bond donors (Lipinski definition) is 2. The quantitative estimate of drug-likeness (QED) is 0.644. The summed E-state index contributed by atoms with van der Waals surface area (Å²) < 4.78 is 37.2. The first-order valence-electron chi connectivity index (χ1n) is 1.03. The minimum atomic E-state index is -2.65.